The highest BCUT2D eigenvalue weighted by Crippen LogP contribution is 2.35. The lowest BCUT2D eigenvalue weighted by molar-refractivity contribution is -0.00180. The molecule has 1 saturated heterocycles. The highest BCUT2D eigenvalue weighted by molar-refractivity contribution is 9.10. The van der Waals surface area contributed by atoms with Gasteiger partial charge in [-0.25, -0.2) is 9.18 Å². The Morgan fingerprint density at radius 1 is 1.48 bits per heavy atom. The number of rotatable bonds is 1. The van der Waals surface area contributed by atoms with Crippen LogP contribution >= 0.6 is 27.5 Å². The second kappa shape index (κ2) is 6.95. The molecular weight excluding hydrogens is 389 g/mol. The number of piperidine rings is 1. The number of carbonyl (C=O) groups excluding carboxylic acids is 1. The number of halogens is 3. The Kier molecular flexibility index (Phi) is 5.59. The van der Waals surface area contributed by atoms with Gasteiger partial charge >= 0.3 is 6.09 Å². The zero-order valence-electron chi connectivity index (χ0n) is 13.3. The van der Waals surface area contributed by atoms with E-state index in [1.54, 1.807) is 20.8 Å². The maximum absolute atomic E-state index is 14.2. The molecule has 0 spiro atoms. The van der Waals surface area contributed by atoms with Crippen molar-refractivity contribution in [1.29, 1.82) is 0 Å². The smallest absolute Gasteiger partial charge is 0.410 e. The Bertz CT molecular complexity index is 606. The summed E-state index contributed by atoms with van der Waals surface area (Å²) in [4.78, 5) is 13.5. The van der Waals surface area contributed by atoms with Gasteiger partial charge < -0.3 is 14.7 Å². The molecule has 1 aromatic rings. The number of hydrogen-bond donors (Lipinski definition) is 1. The van der Waals surface area contributed by atoms with E-state index in [-0.39, 0.29) is 6.54 Å². The third-order valence-electron chi connectivity index (χ3n) is 3.67. The van der Waals surface area contributed by atoms with Crippen LogP contribution < -0.4 is 0 Å². The fourth-order valence-electron chi connectivity index (χ4n) is 2.61. The maximum atomic E-state index is 14.2. The topological polar surface area (TPSA) is 49.8 Å². The molecular formula is C16H20BrClFNO3. The molecule has 1 amide bonds. The van der Waals surface area contributed by atoms with Gasteiger partial charge in [0, 0.05) is 16.9 Å². The molecule has 2 atom stereocenters. The number of hydrogen-bond acceptors (Lipinski definition) is 3. The minimum atomic E-state index is -0.872. The van der Waals surface area contributed by atoms with E-state index in [0.29, 0.717) is 28.0 Å². The van der Waals surface area contributed by atoms with Crippen LogP contribution in [0.2, 0.25) is 5.02 Å². The second-order valence-electron chi connectivity index (χ2n) is 6.68. The monoisotopic (exact) mass is 407 g/mol. The number of amides is 1. The zero-order chi connectivity index (χ0) is 17.4. The average molecular weight is 409 g/mol. The van der Waals surface area contributed by atoms with E-state index in [0.717, 1.165) is 0 Å². The van der Waals surface area contributed by atoms with Crippen molar-refractivity contribution < 1.29 is 19.0 Å². The molecule has 128 valence electrons. The van der Waals surface area contributed by atoms with Gasteiger partial charge in [-0.15, -0.1) is 0 Å². The lowest BCUT2D eigenvalue weighted by Crippen LogP contribution is -2.47. The number of nitrogens with zero attached hydrogens (tertiary/aromatic N) is 1. The first-order valence-corrected chi connectivity index (χ1v) is 8.56. The molecule has 1 aliphatic heterocycles. The molecule has 0 bridgehead atoms. The molecule has 2 rings (SSSR count). The molecule has 2 unspecified atom stereocenters. The summed E-state index contributed by atoms with van der Waals surface area (Å²) in [7, 11) is 0. The van der Waals surface area contributed by atoms with Crippen LogP contribution in [0.4, 0.5) is 9.18 Å². The number of aliphatic hydroxyl groups is 1. The number of carbonyl (C=O) groups is 1. The lowest BCUT2D eigenvalue weighted by atomic mass is 9.87. The van der Waals surface area contributed by atoms with Gasteiger partial charge in [0.15, 0.2) is 0 Å². The van der Waals surface area contributed by atoms with Crippen molar-refractivity contribution in [2.45, 2.75) is 44.8 Å². The highest BCUT2D eigenvalue weighted by Gasteiger charge is 2.34. The Morgan fingerprint density at radius 2 is 2.13 bits per heavy atom. The molecule has 1 fully saturated rings. The van der Waals surface area contributed by atoms with E-state index < -0.39 is 29.5 Å². The zero-order valence-corrected chi connectivity index (χ0v) is 15.6. The minimum Gasteiger partial charge on any atom is -0.444 e. The summed E-state index contributed by atoms with van der Waals surface area (Å²) >= 11 is 9.20. The Labute approximate surface area is 148 Å². The van der Waals surface area contributed by atoms with E-state index in [9.17, 15) is 14.3 Å². The van der Waals surface area contributed by atoms with Crippen LogP contribution in [-0.4, -0.2) is 40.9 Å². The summed E-state index contributed by atoms with van der Waals surface area (Å²) in [5, 5.41) is 10.7. The fraction of sp³-hybridized carbons (Fsp3) is 0.562. The molecule has 23 heavy (non-hydrogen) atoms. The SMILES string of the molecule is CC(C)(C)OC(=O)N1CCC(c2cc(Cl)c(Br)cc2F)C(O)C1. The number of aliphatic hydroxyl groups excluding tert-OH is 1. The molecule has 0 aromatic heterocycles. The van der Waals surface area contributed by atoms with Crippen LogP contribution in [0.1, 0.15) is 38.7 Å². The van der Waals surface area contributed by atoms with Crippen molar-refractivity contribution in [3.05, 3.63) is 33.0 Å². The summed E-state index contributed by atoms with van der Waals surface area (Å²) in [6, 6.07) is 2.82. The van der Waals surface area contributed by atoms with Gasteiger partial charge in [-0.05, 0) is 60.8 Å². The Balaban J connectivity index is 2.10. The predicted molar refractivity (Wildman–Crippen MR) is 90.3 cm³/mol. The van der Waals surface area contributed by atoms with Crippen LogP contribution in [0.15, 0.2) is 16.6 Å². The van der Waals surface area contributed by atoms with Gasteiger partial charge in [0.2, 0.25) is 0 Å². The standard InChI is InChI=1S/C16H20BrClFNO3/c1-16(2,3)23-15(22)20-5-4-9(14(21)8-20)10-6-12(18)11(17)7-13(10)19/h6-7,9,14,21H,4-5,8H2,1-3H3. The van der Waals surface area contributed by atoms with Crippen molar-refractivity contribution in [3.63, 3.8) is 0 Å². The van der Waals surface area contributed by atoms with Gasteiger partial charge in [-0.3, -0.25) is 0 Å². The van der Waals surface area contributed by atoms with Crippen molar-refractivity contribution in [2.24, 2.45) is 0 Å². The average Bonchev–Trinajstić information content (AvgIpc) is 2.41. The van der Waals surface area contributed by atoms with Crippen molar-refractivity contribution in [2.75, 3.05) is 13.1 Å². The van der Waals surface area contributed by atoms with Crippen molar-refractivity contribution in [3.8, 4) is 0 Å². The third kappa shape index (κ3) is 4.58. The third-order valence-corrected chi connectivity index (χ3v) is 4.87. The molecule has 1 N–H and O–H groups in total. The van der Waals surface area contributed by atoms with Crippen molar-refractivity contribution in [1.82, 2.24) is 4.90 Å². The first-order chi connectivity index (χ1) is 10.6. The van der Waals surface area contributed by atoms with Gasteiger partial charge in [0.1, 0.15) is 11.4 Å². The van der Waals surface area contributed by atoms with Crippen LogP contribution in [0, 0.1) is 5.82 Å². The quantitative estimate of drug-likeness (QED) is 0.704. The van der Waals surface area contributed by atoms with E-state index in [4.69, 9.17) is 16.3 Å². The fourth-order valence-corrected chi connectivity index (χ4v) is 3.10. The van der Waals surface area contributed by atoms with Gasteiger partial charge in [0.25, 0.3) is 0 Å². The normalized spacial score (nSPS) is 22.1. The molecule has 4 nitrogen and oxygen atoms in total. The van der Waals surface area contributed by atoms with E-state index in [2.05, 4.69) is 15.9 Å². The summed E-state index contributed by atoms with van der Waals surface area (Å²) in [5.41, 5.74) is -0.223. The minimum absolute atomic E-state index is 0.104. The molecule has 0 saturated carbocycles. The number of benzene rings is 1. The first-order valence-electron chi connectivity index (χ1n) is 7.39. The highest BCUT2D eigenvalue weighted by atomic mass is 79.9. The van der Waals surface area contributed by atoms with Crippen LogP contribution in [0.3, 0.4) is 0 Å². The van der Waals surface area contributed by atoms with Crippen molar-refractivity contribution >= 4 is 33.6 Å². The molecule has 1 aliphatic rings. The van der Waals surface area contributed by atoms with Crippen LogP contribution in [-0.2, 0) is 4.74 Å². The van der Waals surface area contributed by atoms with E-state index in [1.165, 1.54) is 17.0 Å². The summed E-state index contributed by atoms with van der Waals surface area (Å²) < 4.78 is 19.9. The summed E-state index contributed by atoms with van der Waals surface area (Å²) in [5.74, 6) is -0.824. The summed E-state index contributed by atoms with van der Waals surface area (Å²) in [6.07, 6.45) is -0.901. The number of β-amino-alcohol motifs (C(OH)–C–C–N with tert-alkyl or cyclic N) is 1. The Morgan fingerprint density at radius 3 is 2.70 bits per heavy atom. The largest absolute Gasteiger partial charge is 0.444 e. The Hall–Kier alpha value is -0.850. The molecule has 0 radical (unpaired) electrons. The maximum Gasteiger partial charge on any atom is 0.410 e. The van der Waals surface area contributed by atoms with Crippen LogP contribution in [0.5, 0.6) is 0 Å². The summed E-state index contributed by atoms with van der Waals surface area (Å²) in [6.45, 7) is 5.85. The van der Waals surface area contributed by atoms with E-state index in [1.807, 2.05) is 0 Å². The van der Waals surface area contributed by atoms with Gasteiger partial charge in [-0.1, -0.05) is 11.6 Å². The van der Waals surface area contributed by atoms with Gasteiger partial charge in [-0.2, -0.15) is 0 Å². The second-order valence-corrected chi connectivity index (χ2v) is 7.94. The van der Waals surface area contributed by atoms with Gasteiger partial charge in [0.05, 0.1) is 17.7 Å². The van der Waals surface area contributed by atoms with Crippen LogP contribution in [0.25, 0.3) is 0 Å². The van der Waals surface area contributed by atoms with E-state index >= 15 is 0 Å². The number of ether oxygens (including phenoxy) is 1. The number of likely N-dealkylation sites (tertiary alicyclic amines) is 1. The molecule has 1 aromatic carbocycles. The first kappa shape index (κ1) is 18.5. The predicted octanol–water partition coefficient (Wildman–Crippen LogP) is 4.33. The lowest BCUT2D eigenvalue weighted by Gasteiger charge is -2.37. The molecule has 1 heterocycles. The molecule has 7 heteroatoms. The molecule has 0 aliphatic carbocycles.